The summed E-state index contributed by atoms with van der Waals surface area (Å²) in [6.07, 6.45) is 0.550. The van der Waals surface area contributed by atoms with Gasteiger partial charge in [-0.3, -0.25) is 4.79 Å². The van der Waals surface area contributed by atoms with Gasteiger partial charge < -0.3 is 0 Å². The van der Waals surface area contributed by atoms with E-state index in [0.717, 1.165) is 8.45 Å². The average Bonchev–Trinajstić information content (AvgIpc) is 2.86. The van der Waals surface area contributed by atoms with Gasteiger partial charge in [0.1, 0.15) is 0 Å². The van der Waals surface area contributed by atoms with E-state index in [4.69, 9.17) is 0 Å². The Bertz CT molecular complexity index is 930. The number of carbonyl (C=O) groups excluding carboxylic acids is 1. The van der Waals surface area contributed by atoms with Crippen LogP contribution in [0.5, 0.6) is 0 Å². The number of hydrogen-bond donors (Lipinski definition) is 0. The molecule has 1 aromatic heterocycles. The molecule has 0 aliphatic rings. The molecule has 0 radical (unpaired) electrons. The molecule has 0 saturated carbocycles. The van der Waals surface area contributed by atoms with E-state index >= 15 is 0 Å². The number of halogens is 1. The number of benzene rings is 2. The van der Waals surface area contributed by atoms with Crippen LogP contribution in [-0.4, -0.2) is 18.7 Å². The van der Waals surface area contributed by atoms with Crippen LogP contribution in [0.1, 0.15) is 10.5 Å². The van der Waals surface area contributed by atoms with Crippen molar-refractivity contribution in [3.63, 3.8) is 0 Å². The van der Waals surface area contributed by atoms with Gasteiger partial charge in [0.2, 0.25) is 0 Å². The van der Waals surface area contributed by atoms with Crippen LogP contribution in [0.15, 0.2) is 64.0 Å². The zero-order valence-electron chi connectivity index (χ0n) is 10.7. The highest BCUT2D eigenvalue weighted by atomic mass is 79.9. The van der Waals surface area contributed by atoms with Crippen molar-refractivity contribution in [1.82, 2.24) is 3.97 Å². The van der Waals surface area contributed by atoms with Gasteiger partial charge in [-0.05, 0) is 30.3 Å². The van der Waals surface area contributed by atoms with Crippen LogP contribution in [0.25, 0.3) is 10.9 Å². The first kappa shape index (κ1) is 14.0. The molecule has 6 heteroatoms. The van der Waals surface area contributed by atoms with Crippen molar-refractivity contribution < 1.29 is 13.2 Å². The van der Waals surface area contributed by atoms with Crippen molar-refractivity contribution in [3.05, 3.63) is 64.8 Å². The molecule has 3 rings (SSSR count). The second-order valence-electron chi connectivity index (χ2n) is 4.47. The molecule has 21 heavy (non-hydrogen) atoms. The SMILES string of the molecule is O=Cc1cc2ccc(Br)cc2n1S(=O)(=O)c1ccccc1. The van der Waals surface area contributed by atoms with Crippen molar-refractivity contribution in [2.75, 3.05) is 0 Å². The predicted molar refractivity (Wildman–Crippen MR) is 84.1 cm³/mol. The Morgan fingerprint density at radius 1 is 1.00 bits per heavy atom. The van der Waals surface area contributed by atoms with Crippen molar-refractivity contribution in [2.24, 2.45) is 0 Å². The zero-order valence-corrected chi connectivity index (χ0v) is 13.1. The maximum Gasteiger partial charge on any atom is 0.268 e. The second-order valence-corrected chi connectivity index (χ2v) is 7.18. The maximum absolute atomic E-state index is 12.8. The van der Waals surface area contributed by atoms with Gasteiger partial charge in [0, 0.05) is 9.86 Å². The quantitative estimate of drug-likeness (QED) is 0.669. The number of fused-ring (bicyclic) bond motifs is 1. The van der Waals surface area contributed by atoms with Gasteiger partial charge in [-0.25, -0.2) is 12.4 Å². The summed E-state index contributed by atoms with van der Waals surface area (Å²) in [7, 11) is -3.82. The number of carbonyl (C=O) groups is 1. The van der Waals surface area contributed by atoms with Crippen molar-refractivity contribution in [1.29, 1.82) is 0 Å². The Balaban J connectivity index is 2.38. The lowest BCUT2D eigenvalue weighted by Crippen LogP contribution is -2.15. The maximum atomic E-state index is 12.8. The molecule has 0 aliphatic heterocycles. The minimum absolute atomic E-state index is 0.104. The summed E-state index contributed by atoms with van der Waals surface area (Å²) in [5, 5.41) is 0.694. The monoisotopic (exact) mass is 363 g/mol. The average molecular weight is 364 g/mol. The molecule has 0 unspecified atom stereocenters. The van der Waals surface area contributed by atoms with E-state index in [1.165, 1.54) is 12.1 Å². The van der Waals surface area contributed by atoms with Crippen LogP contribution in [0.3, 0.4) is 0 Å². The summed E-state index contributed by atoms with van der Waals surface area (Å²) in [4.78, 5) is 11.4. The molecule has 0 fully saturated rings. The van der Waals surface area contributed by atoms with Gasteiger partial charge in [0.05, 0.1) is 16.1 Å². The van der Waals surface area contributed by atoms with Gasteiger partial charge in [-0.15, -0.1) is 0 Å². The Morgan fingerprint density at radius 3 is 2.38 bits per heavy atom. The number of nitrogens with zero attached hydrogens (tertiary/aromatic N) is 1. The third kappa shape index (κ3) is 2.30. The lowest BCUT2D eigenvalue weighted by molar-refractivity contribution is 0.111. The molecule has 0 bridgehead atoms. The normalized spacial score (nSPS) is 11.7. The first-order valence-electron chi connectivity index (χ1n) is 6.11. The van der Waals surface area contributed by atoms with Crippen molar-refractivity contribution in [2.45, 2.75) is 4.90 Å². The highest BCUT2D eigenvalue weighted by Gasteiger charge is 2.22. The van der Waals surface area contributed by atoms with Crippen LogP contribution in [0.4, 0.5) is 0 Å². The molecular formula is C15H10BrNO3S. The summed E-state index contributed by atoms with van der Waals surface area (Å²) < 4.78 is 27.4. The Labute approximate surface area is 130 Å². The number of aromatic nitrogens is 1. The van der Waals surface area contributed by atoms with E-state index in [-0.39, 0.29) is 10.6 Å². The summed E-state index contributed by atoms with van der Waals surface area (Å²) >= 11 is 3.32. The topological polar surface area (TPSA) is 56.1 Å². The van der Waals surface area contributed by atoms with Gasteiger partial charge in [-0.2, -0.15) is 0 Å². The van der Waals surface area contributed by atoms with Gasteiger partial charge in [0.25, 0.3) is 10.0 Å². The minimum atomic E-state index is -3.82. The number of rotatable bonds is 3. The van der Waals surface area contributed by atoms with E-state index in [0.29, 0.717) is 17.2 Å². The predicted octanol–water partition coefficient (Wildman–Crippen LogP) is 3.45. The van der Waals surface area contributed by atoms with E-state index < -0.39 is 10.0 Å². The van der Waals surface area contributed by atoms with Crippen molar-refractivity contribution in [3.8, 4) is 0 Å². The highest BCUT2D eigenvalue weighted by Crippen LogP contribution is 2.27. The lowest BCUT2D eigenvalue weighted by Gasteiger charge is -2.09. The van der Waals surface area contributed by atoms with Crippen LogP contribution in [0.2, 0.25) is 0 Å². The van der Waals surface area contributed by atoms with Gasteiger partial charge >= 0.3 is 0 Å². The van der Waals surface area contributed by atoms with Gasteiger partial charge in [-0.1, -0.05) is 40.2 Å². The third-order valence-electron chi connectivity index (χ3n) is 3.15. The van der Waals surface area contributed by atoms with Crippen LogP contribution in [-0.2, 0) is 10.0 Å². The largest absolute Gasteiger partial charge is 0.296 e. The van der Waals surface area contributed by atoms with Gasteiger partial charge in [0.15, 0.2) is 6.29 Å². The second kappa shape index (κ2) is 5.13. The molecule has 1 heterocycles. The zero-order chi connectivity index (χ0) is 15.0. The Morgan fingerprint density at radius 2 is 1.71 bits per heavy atom. The van der Waals surface area contributed by atoms with Crippen molar-refractivity contribution >= 4 is 43.1 Å². The standard InChI is InChI=1S/C15H10BrNO3S/c16-12-7-6-11-8-13(10-18)17(15(11)9-12)21(19,20)14-4-2-1-3-5-14/h1-10H. The molecule has 0 atom stereocenters. The molecule has 0 spiro atoms. The number of aldehydes is 1. The molecular weight excluding hydrogens is 354 g/mol. The summed E-state index contributed by atoms with van der Waals surface area (Å²) in [6.45, 7) is 0. The van der Waals surface area contributed by atoms with Crippen LogP contribution < -0.4 is 0 Å². The van der Waals surface area contributed by atoms with E-state index in [9.17, 15) is 13.2 Å². The molecule has 4 nitrogen and oxygen atoms in total. The van der Waals surface area contributed by atoms with E-state index in [2.05, 4.69) is 15.9 Å². The molecule has 0 saturated heterocycles. The summed E-state index contributed by atoms with van der Waals surface area (Å²) in [5.41, 5.74) is 0.572. The Kier molecular flexibility index (Phi) is 3.43. The van der Waals surface area contributed by atoms with Crippen LogP contribution >= 0.6 is 15.9 Å². The van der Waals surface area contributed by atoms with E-state index in [1.807, 2.05) is 0 Å². The first-order chi connectivity index (χ1) is 10.0. The third-order valence-corrected chi connectivity index (χ3v) is 5.40. The summed E-state index contributed by atoms with van der Waals surface area (Å²) in [6, 6.07) is 14.9. The fourth-order valence-electron chi connectivity index (χ4n) is 2.22. The molecule has 106 valence electrons. The van der Waals surface area contributed by atoms with E-state index in [1.54, 1.807) is 42.5 Å². The highest BCUT2D eigenvalue weighted by molar-refractivity contribution is 9.10. The molecule has 3 aromatic rings. The minimum Gasteiger partial charge on any atom is -0.296 e. The number of hydrogen-bond acceptors (Lipinski definition) is 3. The summed E-state index contributed by atoms with van der Waals surface area (Å²) in [5.74, 6) is 0. The molecule has 2 aromatic carbocycles. The molecule has 0 amide bonds. The lowest BCUT2D eigenvalue weighted by atomic mass is 10.2. The fourth-order valence-corrected chi connectivity index (χ4v) is 4.07. The Hall–Kier alpha value is -1.92. The molecule has 0 N–H and O–H groups in total. The first-order valence-corrected chi connectivity index (χ1v) is 8.34. The molecule has 0 aliphatic carbocycles. The smallest absolute Gasteiger partial charge is 0.268 e. The fraction of sp³-hybridized carbons (Fsp3) is 0. The van der Waals surface area contributed by atoms with Crippen LogP contribution in [0, 0.1) is 0 Å².